The molecule has 1 atom stereocenters. The lowest BCUT2D eigenvalue weighted by molar-refractivity contribution is -0.384. The van der Waals surface area contributed by atoms with Gasteiger partial charge in [0, 0.05) is 41.3 Å². The fourth-order valence-corrected chi connectivity index (χ4v) is 4.75. The molecule has 3 aromatic carbocycles. The number of non-ortho nitro benzene ring substituents is 1. The predicted molar refractivity (Wildman–Crippen MR) is 137 cm³/mol. The molecular formula is C28H23N3O6. The maximum atomic E-state index is 13.2. The largest absolute Gasteiger partial charge is 0.507 e. The molecule has 1 unspecified atom stereocenters. The van der Waals surface area contributed by atoms with Crippen molar-refractivity contribution < 1.29 is 24.4 Å². The van der Waals surface area contributed by atoms with Crippen molar-refractivity contribution >= 4 is 34.0 Å². The number of rotatable bonds is 7. The lowest BCUT2D eigenvalue weighted by Gasteiger charge is -2.25. The number of ether oxygens (including phenoxy) is 1. The van der Waals surface area contributed by atoms with Crippen molar-refractivity contribution in [1.29, 1.82) is 0 Å². The summed E-state index contributed by atoms with van der Waals surface area (Å²) in [5.74, 6) is -1.24. The monoisotopic (exact) mass is 497 g/mol. The van der Waals surface area contributed by atoms with Crippen LogP contribution in [0.15, 0.2) is 84.6 Å². The molecule has 186 valence electrons. The number of nitro groups is 1. The molecule has 4 aromatic rings. The van der Waals surface area contributed by atoms with Gasteiger partial charge in [-0.3, -0.25) is 19.7 Å². The second-order valence-electron chi connectivity index (χ2n) is 8.69. The van der Waals surface area contributed by atoms with Crippen molar-refractivity contribution in [2.24, 2.45) is 0 Å². The first-order valence-electron chi connectivity index (χ1n) is 11.6. The van der Waals surface area contributed by atoms with E-state index in [2.05, 4.69) is 4.98 Å². The number of aromatic amines is 1. The molecule has 9 nitrogen and oxygen atoms in total. The van der Waals surface area contributed by atoms with Crippen LogP contribution in [0.1, 0.15) is 22.7 Å². The Kier molecular flexibility index (Phi) is 6.19. The number of benzene rings is 3. The first-order chi connectivity index (χ1) is 17.9. The molecule has 1 aromatic heterocycles. The quantitative estimate of drug-likeness (QED) is 0.125. The summed E-state index contributed by atoms with van der Waals surface area (Å²) in [7, 11) is 1.58. The molecule has 2 heterocycles. The minimum absolute atomic E-state index is 0.0997. The molecule has 1 saturated heterocycles. The third-order valence-corrected chi connectivity index (χ3v) is 6.58. The van der Waals surface area contributed by atoms with Crippen LogP contribution in [0.5, 0.6) is 5.75 Å². The molecule has 1 aliphatic rings. The Hall–Kier alpha value is -4.92. The molecule has 0 spiro atoms. The summed E-state index contributed by atoms with van der Waals surface area (Å²) in [4.78, 5) is 42.0. The highest BCUT2D eigenvalue weighted by atomic mass is 16.6. The Balaban J connectivity index is 1.58. The van der Waals surface area contributed by atoms with Crippen molar-refractivity contribution in [3.05, 3.63) is 111 Å². The molecule has 9 heteroatoms. The number of likely N-dealkylation sites (tertiary alicyclic amines) is 1. The van der Waals surface area contributed by atoms with Gasteiger partial charge in [0.25, 0.3) is 17.4 Å². The van der Waals surface area contributed by atoms with E-state index < -0.39 is 22.7 Å². The van der Waals surface area contributed by atoms with E-state index in [-0.39, 0.29) is 23.6 Å². The Morgan fingerprint density at radius 3 is 2.59 bits per heavy atom. The average molecular weight is 498 g/mol. The van der Waals surface area contributed by atoms with E-state index in [1.54, 1.807) is 43.5 Å². The number of nitro benzene ring substituents is 1. The summed E-state index contributed by atoms with van der Waals surface area (Å²) in [6.45, 7) is 0.146. The van der Waals surface area contributed by atoms with Crippen LogP contribution in [-0.2, 0) is 16.0 Å². The SMILES string of the molecule is COc1ccc2[nH]cc(CCN3C(=O)C(=O)/C(=C(\O)c4ccccc4)C3c3cccc([N+](=O)[O-])c3)c2c1. The van der Waals surface area contributed by atoms with Gasteiger partial charge < -0.3 is 19.7 Å². The number of methoxy groups -OCH3 is 1. The molecule has 0 aliphatic carbocycles. The number of aliphatic hydroxyl groups is 1. The highest BCUT2D eigenvalue weighted by Gasteiger charge is 2.46. The summed E-state index contributed by atoms with van der Waals surface area (Å²) in [5, 5.41) is 23.5. The van der Waals surface area contributed by atoms with E-state index in [9.17, 15) is 24.8 Å². The number of hydrogen-bond donors (Lipinski definition) is 2. The number of H-pyrrole nitrogens is 1. The summed E-state index contributed by atoms with van der Waals surface area (Å²) in [6, 6.07) is 18.9. The van der Waals surface area contributed by atoms with Crippen molar-refractivity contribution in [2.75, 3.05) is 13.7 Å². The zero-order valence-corrected chi connectivity index (χ0v) is 19.9. The van der Waals surface area contributed by atoms with Gasteiger partial charge in [-0.15, -0.1) is 0 Å². The number of aliphatic hydroxyl groups excluding tert-OH is 1. The van der Waals surface area contributed by atoms with E-state index >= 15 is 0 Å². The van der Waals surface area contributed by atoms with E-state index in [0.29, 0.717) is 23.3 Å². The van der Waals surface area contributed by atoms with Gasteiger partial charge in [-0.25, -0.2) is 0 Å². The maximum absolute atomic E-state index is 13.2. The zero-order chi connectivity index (χ0) is 26.1. The van der Waals surface area contributed by atoms with Crippen molar-refractivity contribution in [3.8, 4) is 5.75 Å². The molecule has 2 N–H and O–H groups in total. The van der Waals surface area contributed by atoms with Gasteiger partial charge in [0.2, 0.25) is 0 Å². The highest BCUT2D eigenvalue weighted by Crippen LogP contribution is 2.40. The van der Waals surface area contributed by atoms with E-state index in [1.165, 1.54) is 23.1 Å². The number of hydrogen-bond acceptors (Lipinski definition) is 6. The molecule has 1 aliphatic heterocycles. The molecule has 5 rings (SSSR count). The molecule has 0 bridgehead atoms. The maximum Gasteiger partial charge on any atom is 0.295 e. The lowest BCUT2D eigenvalue weighted by atomic mass is 9.95. The smallest absolute Gasteiger partial charge is 0.295 e. The van der Waals surface area contributed by atoms with Gasteiger partial charge in [0.05, 0.1) is 23.6 Å². The molecule has 0 radical (unpaired) electrons. The van der Waals surface area contributed by atoms with Crippen molar-refractivity contribution in [1.82, 2.24) is 9.88 Å². The fraction of sp³-hybridized carbons (Fsp3) is 0.143. The minimum atomic E-state index is -0.986. The summed E-state index contributed by atoms with van der Waals surface area (Å²) in [5.41, 5.74) is 2.28. The van der Waals surface area contributed by atoms with Gasteiger partial charge in [0.1, 0.15) is 11.5 Å². The van der Waals surface area contributed by atoms with Crippen LogP contribution in [0.25, 0.3) is 16.7 Å². The number of amides is 1. The van der Waals surface area contributed by atoms with Crippen LogP contribution in [0.3, 0.4) is 0 Å². The number of nitrogens with one attached hydrogen (secondary N) is 1. The standard InChI is InChI=1S/C28H23N3O6/c1-37-21-10-11-23-22(15-21)19(16-29-23)12-13-30-25(18-8-5-9-20(14-18)31(35)36)24(27(33)28(30)34)26(32)17-6-3-2-4-7-17/h2-11,14-16,25,29,32H,12-13H2,1H3/b26-24-. The normalized spacial score (nSPS) is 16.9. The van der Waals surface area contributed by atoms with Crippen LogP contribution in [0.2, 0.25) is 0 Å². The molecule has 0 saturated carbocycles. The van der Waals surface area contributed by atoms with E-state index in [0.717, 1.165) is 16.5 Å². The van der Waals surface area contributed by atoms with E-state index in [4.69, 9.17) is 4.74 Å². The third kappa shape index (κ3) is 4.31. The Morgan fingerprint density at radius 1 is 1.08 bits per heavy atom. The molecular weight excluding hydrogens is 474 g/mol. The van der Waals surface area contributed by atoms with Crippen LogP contribution >= 0.6 is 0 Å². The third-order valence-electron chi connectivity index (χ3n) is 6.58. The molecule has 1 fully saturated rings. The summed E-state index contributed by atoms with van der Waals surface area (Å²) in [6.07, 6.45) is 2.24. The second kappa shape index (κ2) is 9.62. The van der Waals surface area contributed by atoms with Gasteiger partial charge in [-0.05, 0) is 35.7 Å². The van der Waals surface area contributed by atoms with Crippen LogP contribution in [-0.4, -0.2) is 45.3 Å². The van der Waals surface area contributed by atoms with Crippen LogP contribution in [0, 0.1) is 10.1 Å². The zero-order valence-electron chi connectivity index (χ0n) is 19.9. The summed E-state index contributed by atoms with van der Waals surface area (Å²) < 4.78 is 5.33. The second-order valence-corrected chi connectivity index (χ2v) is 8.69. The predicted octanol–water partition coefficient (Wildman–Crippen LogP) is 4.75. The fourth-order valence-electron chi connectivity index (χ4n) is 4.75. The van der Waals surface area contributed by atoms with Gasteiger partial charge in [-0.1, -0.05) is 42.5 Å². The van der Waals surface area contributed by atoms with Crippen molar-refractivity contribution in [2.45, 2.75) is 12.5 Å². The highest BCUT2D eigenvalue weighted by molar-refractivity contribution is 6.46. The summed E-state index contributed by atoms with van der Waals surface area (Å²) >= 11 is 0. The number of carbonyl (C=O) groups excluding carboxylic acids is 2. The molecule has 1 amide bonds. The van der Waals surface area contributed by atoms with Crippen molar-refractivity contribution in [3.63, 3.8) is 0 Å². The van der Waals surface area contributed by atoms with Gasteiger partial charge in [-0.2, -0.15) is 0 Å². The Bertz CT molecular complexity index is 1560. The first kappa shape index (κ1) is 23.8. The molecule has 37 heavy (non-hydrogen) atoms. The number of nitrogens with zero attached hydrogens (tertiary/aromatic N) is 2. The minimum Gasteiger partial charge on any atom is -0.507 e. The average Bonchev–Trinajstić information content (AvgIpc) is 3.44. The lowest BCUT2D eigenvalue weighted by Crippen LogP contribution is -2.31. The Morgan fingerprint density at radius 2 is 1.86 bits per heavy atom. The van der Waals surface area contributed by atoms with E-state index in [1.807, 2.05) is 24.4 Å². The van der Waals surface area contributed by atoms with Crippen LogP contribution < -0.4 is 4.74 Å². The number of Topliss-reactive ketones (excluding diaryl/α,β-unsaturated/α-hetero) is 1. The van der Waals surface area contributed by atoms with Gasteiger partial charge in [0.15, 0.2) is 0 Å². The first-order valence-corrected chi connectivity index (χ1v) is 11.6. The Labute approximate surface area is 211 Å². The number of aromatic nitrogens is 1. The number of ketones is 1. The topological polar surface area (TPSA) is 126 Å². The number of fused-ring (bicyclic) bond motifs is 1. The van der Waals surface area contributed by atoms with Crippen LogP contribution in [0.4, 0.5) is 5.69 Å². The number of carbonyl (C=O) groups is 2. The van der Waals surface area contributed by atoms with Gasteiger partial charge >= 0.3 is 0 Å².